The predicted octanol–water partition coefficient (Wildman–Crippen LogP) is 2.57. The van der Waals surface area contributed by atoms with E-state index in [1.165, 1.54) is 14.1 Å². The molecular weight excluding hydrogens is 324 g/mol. The van der Waals surface area contributed by atoms with Gasteiger partial charge >= 0.3 is 0 Å². The molecule has 1 atom stereocenters. The van der Waals surface area contributed by atoms with Crippen LogP contribution in [0.3, 0.4) is 0 Å². The van der Waals surface area contributed by atoms with Crippen molar-refractivity contribution in [2.45, 2.75) is 12.5 Å². The number of rotatable bonds is 8. The highest BCUT2D eigenvalue weighted by Gasteiger charge is 2.17. The quantitative estimate of drug-likeness (QED) is 0.801. The summed E-state index contributed by atoms with van der Waals surface area (Å²) < 4.78 is 24.9. The molecule has 0 fully saturated rings. The maximum atomic E-state index is 11.8. The van der Waals surface area contributed by atoms with E-state index in [0.717, 1.165) is 6.42 Å². The Balaban J connectivity index is 1.97. The van der Waals surface area contributed by atoms with Gasteiger partial charge in [-0.15, -0.1) is 22.7 Å². The lowest BCUT2D eigenvalue weighted by Gasteiger charge is -2.18. The molecule has 21 heavy (non-hydrogen) atoms. The van der Waals surface area contributed by atoms with Gasteiger partial charge in [0.1, 0.15) is 0 Å². The Morgan fingerprint density at radius 1 is 1.19 bits per heavy atom. The summed E-state index contributed by atoms with van der Waals surface area (Å²) in [5.41, 5.74) is 0. The van der Waals surface area contributed by atoms with Crippen LogP contribution in [-0.4, -0.2) is 39.1 Å². The Bertz CT molecular complexity index is 619. The molecule has 0 amide bonds. The van der Waals surface area contributed by atoms with E-state index in [2.05, 4.69) is 28.2 Å². The summed E-state index contributed by atoms with van der Waals surface area (Å²) in [5, 5.41) is 7.50. The Morgan fingerprint density at radius 2 is 1.90 bits per heavy atom. The third kappa shape index (κ3) is 4.89. The molecule has 1 N–H and O–H groups in total. The summed E-state index contributed by atoms with van der Waals surface area (Å²) in [6, 6.07) is 8.45. The van der Waals surface area contributed by atoms with E-state index in [1.807, 2.05) is 12.1 Å². The van der Waals surface area contributed by atoms with Crippen LogP contribution in [0.15, 0.2) is 35.0 Å². The third-order valence-electron chi connectivity index (χ3n) is 3.18. The van der Waals surface area contributed by atoms with Gasteiger partial charge in [0.2, 0.25) is 10.0 Å². The van der Waals surface area contributed by atoms with Gasteiger partial charge in [0.05, 0.1) is 5.75 Å². The first-order valence-electron chi connectivity index (χ1n) is 6.68. The molecule has 2 rings (SSSR count). The average molecular weight is 345 g/mol. The molecule has 0 bridgehead atoms. The Hall–Kier alpha value is -0.730. The van der Waals surface area contributed by atoms with Crippen molar-refractivity contribution in [3.8, 4) is 0 Å². The van der Waals surface area contributed by atoms with Gasteiger partial charge in [0.25, 0.3) is 0 Å². The monoisotopic (exact) mass is 344 g/mol. The van der Waals surface area contributed by atoms with Gasteiger partial charge in [-0.1, -0.05) is 12.1 Å². The zero-order valence-electron chi connectivity index (χ0n) is 12.2. The first kappa shape index (κ1) is 16.6. The highest BCUT2D eigenvalue weighted by atomic mass is 32.2. The van der Waals surface area contributed by atoms with Crippen molar-refractivity contribution < 1.29 is 8.42 Å². The Kier molecular flexibility index (Phi) is 5.95. The molecule has 1 unspecified atom stereocenters. The van der Waals surface area contributed by atoms with Crippen molar-refractivity contribution in [3.63, 3.8) is 0 Å². The average Bonchev–Trinajstić information content (AvgIpc) is 3.10. The maximum Gasteiger partial charge on any atom is 0.214 e. The van der Waals surface area contributed by atoms with Crippen LogP contribution in [0.5, 0.6) is 0 Å². The van der Waals surface area contributed by atoms with E-state index in [-0.39, 0.29) is 11.8 Å². The summed E-state index contributed by atoms with van der Waals surface area (Å²) >= 11 is 3.43. The summed E-state index contributed by atoms with van der Waals surface area (Å²) in [5.74, 6) is 0.117. The Morgan fingerprint density at radius 3 is 2.48 bits per heavy atom. The second-order valence-electron chi connectivity index (χ2n) is 4.90. The van der Waals surface area contributed by atoms with Crippen molar-refractivity contribution in [2.75, 3.05) is 26.4 Å². The SMILES string of the molecule is CN(C)S(=O)(=O)CCNC(Cc1cccs1)c1cccs1. The smallest absolute Gasteiger partial charge is 0.214 e. The van der Waals surface area contributed by atoms with E-state index in [4.69, 9.17) is 0 Å². The van der Waals surface area contributed by atoms with E-state index in [0.29, 0.717) is 6.54 Å². The topological polar surface area (TPSA) is 49.4 Å². The van der Waals surface area contributed by atoms with Gasteiger partial charge in [-0.05, 0) is 22.9 Å². The van der Waals surface area contributed by atoms with Crippen LogP contribution in [0.1, 0.15) is 15.8 Å². The first-order chi connectivity index (χ1) is 9.99. The van der Waals surface area contributed by atoms with Crippen LogP contribution in [0.4, 0.5) is 0 Å². The number of nitrogens with zero attached hydrogens (tertiary/aromatic N) is 1. The summed E-state index contributed by atoms with van der Waals surface area (Å²) in [6.45, 7) is 0.453. The van der Waals surface area contributed by atoms with E-state index in [9.17, 15) is 8.42 Å². The van der Waals surface area contributed by atoms with Gasteiger partial charge in [-0.25, -0.2) is 12.7 Å². The summed E-state index contributed by atoms with van der Waals surface area (Å²) in [6.07, 6.45) is 0.889. The van der Waals surface area contributed by atoms with Crippen molar-refractivity contribution in [1.29, 1.82) is 0 Å². The lowest BCUT2D eigenvalue weighted by atomic mass is 10.1. The molecule has 0 aromatic carbocycles. The second-order valence-corrected chi connectivity index (χ2v) is 9.22. The highest BCUT2D eigenvalue weighted by molar-refractivity contribution is 7.89. The molecular formula is C14H20N2O2S3. The minimum atomic E-state index is -3.15. The lowest BCUT2D eigenvalue weighted by molar-refractivity contribution is 0.508. The molecule has 2 aromatic heterocycles. The summed E-state index contributed by atoms with van der Waals surface area (Å²) in [7, 11) is -0.0135. The van der Waals surface area contributed by atoms with Crippen LogP contribution < -0.4 is 5.32 Å². The number of hydrogen-bond donors (Lipinski definition) is 1. The van der Waals surface area contributed by atoms with Gasteiger partial charge in [0.15, 0.2) is 0 Å². The minimum Gasteiger partial charge on any atom is -0.308 e. The molecule has 0 radical (unpaired) electrons. The van der Waals surface area contributed by atoms with Crippen LogP contribution >= 0.6 is 22.7 Å². The second kappa shape index (κ2) is 7.51. The normalized spacial score (nSPS) is 13.7. The van der Waals surface area contributed by atoms with E-state index < -0.39 is 10.0 Å². The Labute approximate surface area is 134 Å². The molecule has 0 aliphatic heterocycles. The fourth-order valence-electron chi connectivity index (χ4n) is 1.94. The fourth-order valence-corrected chi connectivity index (χ4v) is 4.23. The number of hydrogen-bond acceptors (Lipinski definition) is 5. The van der Waals surface area contributed by atoms with Crippen LogP contribution in [0.25, 0.3) is 0 Å². The molecule has 0 saturated heterocycles. The zero-order valence-corrected chi connectivity index (χ0v) is 14.6. The molecule has 4 nitrogen and oxygen atoms in total. The summed E-state index contributed by atoms with van der Waals surface area (Å²) in [4.78, 5) is 2.54. The zero-order chi connectivity index (χ0) is 15.3. The standard InChI is InChI=1S/C14H20N2O2S3/c1-16(2)21(17,18)10-7-15-13(14-6-4-9-20-14)11-12-5-3-8-19-12/h3-6,8-9,13,15H,7,10-11H2,1-2H3. The molecule has 0 aliphatic carbocycles. The van der Waals surface area contributed by atoms with E-state index in [1.54, 1.807) is 36.8 Å². The molecule has 0 aliphatic rings. The van der Waals surface area contributed by atoms with Gasteiger partial charge in [-0.2, -0.15) is 0 Å². The lowest BCUT2D eigenvalue weighted by Crippen LogP contribution is -2.33. The maximum absolute atomic E-state index is 11.8. The molecule has 0 saturated carbocycles. The number of nitrogens with one attached hydrogen (secondary N) is 1. The number of sulfonamides is 1. The fraction of sp³-hybridized carbons (Fsp3) is 0.429. The largest absolute Gasteiger partial charge is 0.308 e. The van der Waals surface area contributed by atoms with Crippen molar-refractivity contribution in [2.24, 2.45) is 0 Å². The van der Waals surface area contributed by atoms with Gasteiger partial charge < -0.3 is 5.32 Å². The van der Waals surface area contributed by atoms with Gasteiger partial charge in [-0.3, -0.25) is 0 Å². The van der Waals surface area contributed by atoms with Crippen LogP contribution in [0.2, 0.25) is 0 Å². The highest BCUT2D eigenvalue weighted by Crippen LogP contribution is 2.24. The van der Waals surface area contributed by atoms with Crippen LogP contribution in [0, 0.1) is 0 Å². The van der Waals surface area contributed by atoms with Crippen molar-refractivity contribution in [3.05, 3.63) is 44.8 Å². The van der Waals surface area contributed by atoms with Crippen molar-refractivity contribution in [1.82, 2.24) is 9.62 Å². The first-order valence-corrected chi connectivity index (χ1v) is 10.1. The molecule has 2 heterocycles. The van der Waals surface area contributed by atoms with Crippen molar-refractivity contribution >= 4 is 32.7 Å². The third-order valence-corrected chi connectivity index (χ3v) is 6.90. The van der Waals surface area contributed by atoms with Crippen LogP contribution in [-0.2, 0) is 16.4 Å². The minimum absolute atomic E-state index is 0.117. The molecule has 116 valence electrons. The van der Waals surface area contributed by atoms with E-state index >= 15 is 0 Å². The van der Waals surface area contributed by atoms with Gasteiger partial charge in [0, 0.05) is 42.9 Å². The predicted molar refractivity (Wildman–Crippen MR) is 90.6 cm³/mol. The molecule has 0 spiro atoms. The number of thiophene rings is 2. The molecule has 7 heteroatoms. The molecule has 2 aromatic rings.